The van der Waals surface area contributed by atoms with Crippen molar-refractivity contribution in [2.75, 3.05) is 0 Å². The van der Waals surface area contributed by atoms with Crippen LogP contribution in [0.3, 0.4) is 0 Å². The SMILES string of the molecule is CC(C)Oc1ccnc2ccncc12. The molecule has 0 aliphatic rings. The molecule has 0 aromatic carbocycles. The molecular formula is C11H12N2O. The molecule has 0 saturated carbocycles. The Bertz CT molecular complexity index is 435. The minimum Gasteiger partial charge on any atom is -0.490 e. The van der Waals surface area contributed by atoms with Crippen molar-refractivity contribution in [3.05, 3.63) is 30.7 Å². The van der Waals surface area contributed by atoms with Crippen molar-refractivity contribution in [1.29, 1.82) is 0 Å². The lowest BCUT2D eigenvalue weighted by atomic mass is 10.2. The van der Waals surface area contributed by atoms with Gasteiger partial charge in [-0.3, -0.25) is 9.97 Å². The molecule has 72 valence electrons. The maximum atomic E-state index is 5.65. The van der Waals surface area contributed by atoms with Gasteiger partial charge in [-0.2, -0.15) is 0 Å². The lowest BCUT2D eigenvalue weighted by molar-refractivity contribution is 0.245. The molecule has 3 nitrogen and oxygen atoms in total. The maximum absolute atomic E-state index is 5.65. The van der Waals surface area contributed by atoms with Gasteiger partial charge in [0.15, 0.2) is 0 Å². The first-order chi connectivity index (χ1) is 6.77. The molecule has 0 saturated heterocycles. The summed E-state index contributed by atoms with van der Waals surface area (Å²) in [4.78, 5) is 8.29. The molecule has 2 aromatic heterocycles. The average molecular weight is 188 g/mol. The van der Waals surface area contributed by atoms with Crippen LogP contribution < -0.4 is 4.74 Å². The highest BCUT2D eigenvalue weighted by atomic mass is 16.5. The van der Waals surface area contributed by atoms with Gasteiger partial charge >= 0.3 is 0 Å². The lowest BCUT2D eigenvalue weighted by Crippen LogP contribution is -2.06. The first kappa shape index (κ1) is 8.94. The summed E-state index contributed by atoms with van der Waals surface area (Å²) in [5.74, 6) is 0.845. The Labute approximate surface area is 82.8 Å². The van der Waals surface area contributed by atoms with E-state index in [0.29, 0.717) is 0 Å². The normalized spacial score (nSPS) is 10.8. The quantitative estimate of drug-likeness (QED) is 0.726. The summed E-state index contributed by atoms with van der Waals surface area (Å²) < 4.78 is 5.65. The van der Waals surface area contributed by atoms with E-state index in [-0.39, 0.29) is 6.10 Å². The van der Waals surface area contributed by atoms with Crippen molar-refractivity contribution in [2.24, 2.45) is 0 Å². The average Bonchev–Trinajstić information content (AvgIpc) is 2.18. The van der Waals surface area contributed by atoms with Gasteiger partial charge in [0, 0.05) is 18.6 Å². The lowest BCUT2D eigenvalue weighted by Gasteiger charge is -2.11. The molecule has 0 bridgehead atoms. The number of ether oxygens (including phenoxy) is 1. The zero-order valence-corrected chi connectivity index (χ0v) is 8.27. The maximum Gasteiger partial charge on any atom is 0.132 e. The van der Waals surface area contributed by atoms with Gasteiger partial charge in [0.05, 0.1) is 17.0 Å². The summed E-state index contributed by atoms with van der Waals surface area (Å²) >= 11 is 0. The Morgan fingerprint density at radius 1 is 1.21 bits per heavy atom. The molecule has 2 heterocycles. The smallest absolute Gasteiger partial charge is 0.132 e. The molecule has 3 heteroatoms. The summed E-state index contributed by atoms with van der Waals surface area (Å²) in [6, 6.07) is 3.74. The van der Waals surface area contributed by atoms with Gasteiger partial charge in [-0.25, -0.2) is 0 Å². The zero-order valence-electron chi connectivity index (χ0n) is 8.27. The molecule has 2 rings (SSSR count). The number of fused-ring (bicyclic) bond motifs is 1. The van der Waals surface area contributed by atoms with Crippen molar-refractivity contribution in [3.8, 4) is 5.75 Å². The largest absolute Gasteiger partial charge is 0.490 e. The van der Waals surface area contributed by atoms with Crippen molar-refractivity contribution in [1.82, 2.24) is 9.97 Å². The third kappa shape index (κ3) is 1.66. The van der Waals surface area contributed by atoms with Crippen LogP contribution in [-0.2, 0) is 0 Å². The third-order valence-corrected chi connectivity index (χ3v) is 1.87. The van der Waals surface area contributed by atoms with Gasteiger partial charge in [-0.05, 0) is 26.0 Å². The van der Waals surface area contributed by atoms with Crippen LogP contribution in [-0.4, -0.2) is 16.1 Å². The van der Waals surface area contributed by atoms with Crippen LogP contribution in [0.25, 0.3) is 10.9 Å². The van der Waals surface area contributed by atoms with Crippen LogP contribution in [0, 0.1) is 0 Å². The molecule has 0 amide bonds. The van der Waals surface area contributed by atoms with Crippen LogP contribution in [0.5, 0.6) is 5.75 Å². The molecule has 0 aliphatic carbocycles. The number of rotatable bonds is 2. The highest BCUT2D eigenvalue weighted by Gasteiger charge is 2.03. The van der Waals surface area contributed by atoms with Crippen LogP contribution in [0.15, 0.2) is 30.7 Å². The fourth-order valence-electron chi connectivity index (χ4n) is 1.32. The van der Waals surface area contributed by atoms with E-state index in [1.165, 1.54) is 0 Å². The molecule has 0 fully saturated rings. The number of aromatic nitrogens is 2. The van der Waals surface area contributed by atoms with Crippen LogP contribution >= 0.6 is 0 Å². The van der Waals surface area contributed by atoms with Crippen molar-refractivity contribution in [3.63, 3.8) is 0 Å². The second-order valence-corrected chi connectivity index (χ2v) is 3.37. The molecular weight excluding hydrogens is 176 g/mol. The molecule has 0 atom stereocenters. The predicted octanol–water partition coefficient (Wildman–Crippen LogP) is 2.42. The molecule has 0 spiro atoms. The number of hydrogen-bond donors (Lipinski definition) is 0. The van der Waals surface area contributed by atoms with Gasteiger partial charge in [0.25, 0.3) is 0 Å². The van der Waals surface area contributed by atoms with Crippen molar-refractivity contribution < 1.29 is 4.74 Å². The molecule has 0 radical (unpaired) electrons. The van der Waals surface area contributed by atoms with E-state index >= 15 is 0 Å². The molecule has 0 N–H and O–H groups in total. The Balaban J connectivity index is 2.53. The van der Waals surface area contributed by atoms with E-state index < -0.39 is 0 Å². The van der Waals surface area contributed by atoms with E-state index in [1.54, 1.807) is 18.6 Å². The highest BCUT2D eigenvalue weighted by molar-refractivity contribution is 5.83. The predicted molar refractivity (Wildman–Crippen MR) is 55.3 cm³/mol. The third-order valence-electron chi connectivity index (χ3n) is 1.87. The van der Waals surface area contributed by atoms with Crippen LogP contribution in [0.2, 0.25) is 0 Å². The van der Waals surface area contributed by atoms with E-state index in [2.05, 4.69) is 9.97 Å². The second kappa shape index (κ2) is 3.62. The number of nitrogens with zero attached hydrogens (tertiary/aromatic N) is 2. The Kier molecular flexibility index (Phi) is 2.31. The minimum atomic E-state index is 0.167. The Hall–Kier alpha value is -1.64. The number of hydrogen-bond acceptors (Lipinski definition) is 3. The van der Waals surface area contributed by atoms with E-state index in [1.807, 2.05) is 26.0 Å². The van der Waals surface area contributed by atoms with E-state index in [0.717, 1.165) is 16.7 Å². The number of pyridine rings is 2. The summed E-state index contributed by atoms with van der Waals surface area (Å²) in [5, 5.41) is 0.962. The van der Waals surface area contributed by atoms with Crippen LogP contribution in [0.1, 0.15) is 13.8 Å². The second-order valence-electron chi connectivity index (χ2n) is 3.37. The van der Waals surface area contributed by atoms with Gasteiger partial charge in [0.1, 0.15) is 5.75 Å². The highest BCUT2D eigenvalue weighted by Crippen LogP contribution is 2.23. The molecule has 2 aromatic rings. The standard InChI is InChI=1S/C11H12N2O/c1-8(2)14-11-4-6-13-10-3-5-12-7-9(10)11/h3-8H,1-2H3. The van der Waals surface area contributed by atoms with Crippen molar-refractivity contribution >= 4 is 10.9 Å². The fraction of sp³-hybridized carbons (Fsp3) is 0.273. The first-order valence-electron chi connectivity index (χ1n) is 4.63. The summed E-state index contributed by atoms with van der Waals surface area (Å²) in [6.07, 6.45) is 5.43. The minimum absolute atomic E-state index is 0.167. The van der Waals surface area contributed by atoms with Gasteiger partial charge < -0.3 is 4.74 Å². The Morgan fingerprint density at radius 2 is 2.07 bits per heavy atom. The summed E-state index contributed by atoms with van der Waals surface area (Å²) in [5.41, 5.74) is 0.915. The summed E-state index contributed by atoms with van der Waals surface area (Å²) in [7, 11) is 0. The zero-order chi connectivity index (χ0) is 9.97. The van der Waals surface area contributed by atoms with Gasteiger partial charge in [-0.1, -0.05) is 0 Å². The fourth-order valence-corrected chi connectivity index (χ4v) is 1.32. The van der Waals surface area contributed by atoms with Gasteiger partial charge in [-0.15, -0.1) is 0 Å². The first-order valence-corrected chi connectivity index (χ1v) is 4.63. The van der Waals surface area contributed by atoms with Gasteiger partial charge in [0.2, 0.25) is 0 Å². The van der Waals surface area contributed by atoms with E-state index in [4.69, 9.17) is 4.74 Å². The van der Waals surface area contributed by atoms with E-state index in [9.17, 15) is 0 Å². The van der Waals surface area contributed by atoms with Crippen LogP contribution in [0.4, 0.5) is 0 Å². The molecule has 0 aliphatic heterocycles. The molecule has 0 unspecified atom stereocenters. The monoisotopic (exact) mass is 188 g/mol. The summed E-state index contributed by atoms with van der Waals surface area (Å²) in [6.45, 7) is 4.01. The molecule has 14 heavy (non-hydrogen) atoms. The topological polar surface area (TPSA) is 35.0 Å². The Morgan fingerprint density at radius 3 is 2.86 bits per heavy atom. The van der Waals surface area contributed by atoms with Crippen molar-refractivity contribution in [2.45, 2.75) is 20.0 Å².